The molecule has 1 unspecified atom stereocenters. The van der Waals surface area contributed by atoms with Gasteiger partial charge in [-0.05, 0) is 42.0 Å². The number of fused-ring (bicyclic) bond motifs is 1. The Morgan fingerprint density at radius 3 is 2.38 bits per heavy atom. The van der Waals surface area contributed by atoms with Gasteiger partial charge in [0.15, 0.2) is 0 Å². The summed E-state index contributed by atoms with van der Waals surface area (Å²) < 4.78 is 1.86. The third kappa shape index (κ3) is 2.38. The number of pyridine rings is 1. The molecule has 0 aliphatic carbocycles. The fraction of sp³-hybridized carbons (Fsp3) is 0.211. The number of aromatic nitrogens is 1. The summed E-state index contributed by atoms with van der Waals surface area (Å²) in [5.41, 5.74) is 2.07. The van der Waals surface area contributed by atoms with E-state index in [-0.39, 0.29) is 5.56 Å². The molecule has 0 radical (unpaired) electrons. The standard InChI is InChI=1S/C19H19NO/c1-3-14(2)18-13-15-9-7-8-12-17(15)19(21)20(18)16-10-5-4-6-11-16/h4-14H,3H2,1-2H3. The zero-order chi connectivity index (χ0) is 14.8. The van der Waals surface area contributed by atoms with Crippen molar-refractivity contribution in [3.63, 3.8) is 0 Å². The lowest BCUT2D eigenvalue weighted by atomic mass is 10.0. The van der Waals surface area contributed by atoms with Crippen LogP contribution in [0.15, 0.2) is 65.5 Å². The highest BCUT2D eigenvalue weighted by molar-refractivity contribution is 5.82. The summed E-state index contributed by atoms with van der Waals surface area (Å²) in [5, 5.41) is 1.79. The lowest BCUT2D eigenvalue weighted by Gasteiger charge is -2.18. The predicted molar refractivity (Wildman–Crippen MR) is 88.3 cm³/mol. The molecule has 2 aromatic carbocycles. The molecule has 106 valence electrons. The second kappa shape index (κ2) is 5.57. The van der Waals surface area contributed by atoms with E-state index >= 15 is 0 Å². The third-order valence-electron chi connectivity index (χ3n) is 4.09. The number of hydrogen-bond acceptors (Lipinski definition) is 1. The normalized spacial score (nSPS) is 12.5. The van der Waals surface area contributed by atoms with E-state index in [0.717, 1.165) is 28.6 Å². The van der Waals surface area contributed by atoms with Crippen LogP contribution in [-0.4, -0.2) is 4.57 Å². The molecule has 1 heterocycles. The molecule has 0 bridgehead atoms. The van der Waals surface area contributed by atoms with Gasteiger partial charge in [-0.2, -0.15) is 0 Å². The van der Waals surface area contributed by atoms with Crippen molar-refractivity contribution in [1.29, 1.82) is 0 Å². The molecular formula is C19H19NO. The highest BCUT2D eigenvalue weighted by Gasteiger charge is 2.14. The Balaban J connectivity index is 2.40. The average molecular weight is 277 g/mol. The van der Waals surface area contributed by atoms with E-state index in [1.165, 1.54) is 0 Å². The van der Waals surface area contributed by atoms with E-state index in [9.17, 15) is 4.79 Å². The highest BCUT2D eigenvalue weighted by atomic mass is 16.1. The topological polar surface area (TPSA) is 22.0 Å². The van der Waals surface area contributed by atoms with Gasteiger partial charge in [0.05, 0.1) is 0 Å². The van der Waals surface area contributed by atoms with Crippen LogP contribution >= 0.6 is 0 Å². The van der Waals surface area contributed by atoms with Crippen molar-refractivity contribution in [2.45, 2.75) is 26.2 Å². The van der Waals surface area contributed by atoms with Gasteiger partial charge in [-0.15, -0.1) is 0 Å². The highest BCUT2D eigenvalue weighted by Crippen LogP contribution is 2.24. The summed E-state index contributed by atoms with van der Waals surface area (Å²) in [6.45, 7) is 4.32. The van der Waals surface area contributed by atoms with Crippen LogP contribution < -0.4 is 5.56 Å². The molecule has 0 amide bonds. The zero-order valence-electron chi connectivity index (χ0n) is 12.4. The maximum Gasteiger partial charge on any atom is 0.263 e. The Morgan fingerprint density at radius 2 is 1.67 bits per heavy atom. The molecule has 3 aromatic rings. The first kappa shape index (κ1) is 13.6. The lowest BCUT2D eigenvalue weighted by molar-refractivity contribution is 0.678. The zero-order valence-corrected chi connectivity index (χ0v) is 12.4. The largest absolute Gasteiger partial charge is 0.280 e. The lowest BCUT2D eigenvalue weighted by Crippen LogP contribution is -2.23. The van der Waals surface area contributed by atoms with Crippen LogP contribution in [0.1, 0.15) is 31.9 Å². The van der Waals surface area contributed by atoms with E-state index in [1.807, 2.05) is 59.2 Å². The summed E-state index contributed by atoms with van der Waals surface area (Å²) >= 11 is 0. The van der Waals surface area contributed by atoms with Gasteiger partial charge in [-0.3, -0.25) is 9.36 Å². The van der Waals surface area contributed by atoms with Crippen LogP contribution in [0.5, 0.6) is 0 Å². The second-order valence-corrected chi connectivity index (χ2v) is 5.44. The Morgan fingerprint density at radius 1 is 1.00 bits per heavy atom. The van der Waals surface area contributed by atoms with Crippen molar-refractivity contribution >= 4 is 10.8 Å². The maximum atomic E-state index is 12.9. The molecule has 1 atom stereocenters. The molecule has 1 aromatic heterocycles. The van der Waals surface area contributed by atoms with Crippen molar-refractivity contribution in [2.24, 2.45) is 0 Å². The van der Waals surface area contributed by atoms with Gasteiger partial charge in [0, 0.05) is 16.8 Å². The fourth-order valence-electron chi connectivity index (χ4n) is 2.69. The Kier molecular flexibility index (Phi) is 3.61. The van der Waals surface area contributed by atoms with Crippen molar-refractivity contribution in [1.82, 2.24) is 4.57 Å². The molecule has 0 saturated carbocycles. The van der Waals surface area contributed by atoms with E-state index < -0.39 is 0 Å². The Labute approximate surface area is 124 Å². The first-order valence-electron chi connectivity index (χ1n) is 7.42. The molecule has 21 heavy (non-hydrogen) atoms. The Bertz CT molecular complexity index is 818. The predicted octanol–water partition coefficient (Wildman–Crippen LogP) is 4.50. The molecule has 2 nitrogen and oxygen atoms in total. The maximum absolute atomic E-state index is 12.9. The van der Waals surface area contributed by atoms with E-state index in [0.29, 0.717) is 5.92 Å². The van der Waals surface area contributed by atoms with Crippen molar-refractivity contribution in [3.8, 4) is 5.69 Å². The van der Waals surface area contributed by atoms with Crippen LogP contribution in [0.4, 0.5) is 0 Å². The van der Waals surface area contributed by atoms with Gasteiger partial charge in [0.1, 0.15) is 0 Å². The molecule has 0 aliphatic rings. The number of hydrogen-bond donors (Lipinski definition) is 0. The van der Waals surface area contributed by atoms with Crippen LogP contribution in [0.2, 0.25) is 0 Å². The van der Waals surface area contributed by atoms with Crippen LogP contribution in [0.3, 0.4) is 0 Å². The fourth-order valence-corrected chi connectivity index (χ4v) is 2.69. The van der Waals surface area contributed by atoms with Gasteiger partial charge < -0.3 is 0 Å². The second-order valence-electron chi connectivity index (χ2n) is 5.44. The first-order valence-corrected chi connectivity index (χ1v) is 7.42. The van der Waals surface area contributed by atoms with Crippen molar-refractivity contribution in [3.05, 3.63) is 76.7 Å². The average Bonchev–Trinajstić information content (AvgIpc) is 2.55. The minimum Gasteiger partial charge on any atom is -0.280 e. The quantitative estimate of drug-likeness (QED) is 0.690. The molecule has 0 fully saturated rings. The molecule has 0 N–H and O–H groups in total. The van der Waals surface area contributed by atoms with E-state index in [2.05, 4.69) is 19.9 Å². The molecular weight excluding hydrogens is 258 g/mol. The summed E-state index contributed by atoms with van der Waals surface area (Å²) in [4.78, 5) is 12.9. The van der Waals surface area contributed by atoms with Crippen molar-refractivity contribution < 1.29 is 0 Å². The molecule has 0 saturated heterocycles. The number of nitrogens with zero attached hydrogens (tertiary/aromatic N) is 1. The summed E-state index contributed by atoms with van der Waals surface area (Å²) in [7, 11) is 0. The van der Waals surface area contributed by atoms with Crippen LogP contribution in [0.25, 0.3) is 16.5 Å². The van der Waals surface area contributed by atoms with Gasteiger partial charge in [-0.25, -0.2) is 0 Å². The number of para-hydroxylation sites is 1. The van der Waals surface area contributed by atoms with Crippen LogP contribution in [-0.2, 0) is 0 Å². The number of benzene rings is 2. The Hall–Kier alpha value is -2.35. The molecule has 0 spiro atoms. The van der Waals surface area contributed by atoms with Gasteiger partial charge in [0.2, 0.25) is 0 Å². The third-order valence-corrected chi connectivity index (χ3v) is 4.09. The molecule has 3 rings (SSSR count). The number of rotatable bonds is 3. The van der Waals surface area contributed by atoms with Crippen LogP contribution in [0, 0.1) is 0 Å². The SMILES string of the molecule is CCC(C)c1cc2ccccc2c(=O)n1-c1ccccc1. The first-order chi connectivity index (χ1) is 10.2. The summed E-state index contributed by atoms with van der Waals surface area (Å²) in [5.74, 6) is 0.336. The van der Waals surface area contributed by atoms with Gasteiger partial charge in [-0.1, -0.05) is 50.2 Å². The monoisotopic (exact) mass is 277 g/mol. The molecule has 0 aliphatic heterocycles. The molecule has 2 heteroatoms. The van der Waals surface area contributed by atoms with E-state index in [4.69, 9.17) is 0 Å². The van der Waals surface area contributed by atoms with Gasteiger partial charge in [0.25, 0.3) is 5.56 Å². The van der Waals surface area contributed by atoms with Crippen molar-refractivity contribution in [2.75, 3.05) is 0 Å². The minimum atomic E-state index is 0.0644. The summed E-state index contributed by atoms with van der Waals surface area (Å²) in [6, 6.07) is 19.8. The summed E-state index contributed by atoms with van der Waals surface area (Å²) in [6.07, 6.45) is 1.00. The van der Waals surface area contributed by atoms with E-state index in [1.54, 1.807) is 0 Å². The van der Waals surface area contributed by atoms with Gasteiger partial charge >= 0.3 is 0 Å². The smallest absolute Gasteiger partial charge is 0.263 e. The minimum absolute atomic E-state index is 0.0644.